The van der Waals surface area contributed by atoms with Gasteiger partial charge in [0.2, 0.25) is 0 Å². The van der Waals surface area contributed by atoms with E-state index in [-0.39, 0.29) is 11.7 Å². The third kappa shape index (κ3) is 5.87. The number of fused-ring (bicyclic) bond motifs is 1. The molecule has 0 aliphatic heterocycles. The molecule has 33 heavy (non-hydrogen) atoms. The SMILES string of the molecule is CCc1cc(OC(C)(C)C)ccc1Oc1cccc(C(C)Oc2ccc3ccccc3c2)c1. The van der Waals surface area contributed by atoms with E-state index in [2.05, 4.69) is 71.0 Å². The second kappa shape index (κ2) is 9.58. The average Bonchev–Trinajstić information content (AvgIpc) is 2.79. The van der Waals surface area contributed by atoms with Gasteiger partial charge >= 0.3 is 0 Å². The van der Waals surface area contributed by atoms with Gasteiger partial charge in [-0.25, -0.2) is 0 Å². The Balaban J connectivity index is 1.50. The molecule has 0 spiro atoms. The number of rotatable bonds is 7. The maximum absolute atomic E-state index is 6.27. The van der Waals surface area contributed by atoms with Gasteiger partial charge in [-0.15, -0.1) is 0 Å². The highest BCUT2D eigenvalue weighted by Crippen LogP contribution is 2.32. The second-order valence-electron chi connectivity index (χ2n) is 9.28. The van der Waals surface area contributed by atoms with Crippen LogP contribution in [0.1, 0.15) is 51.8 Å². The molecule has 4 aromatic carbocycles. The van der Waals surface area contributed by atoms with Crippen LogP contribution in [0.15, 0.2) is 84.9 Å². The molecule has 0 aliphatic carbocycles. The maximum Gasteiger partial charge on any atom is 0.130 e. The molecular formula is C30H32O3. The van der Waals surface area contributed by atoms with Gasteiger partial charge in [0, 0.05) is 0 Å². The van der Waals surface area contributed by atoms with Crippen molar-refractivity contribution in [2.24, 2.45) is 0 Å². The number of ether oxygens (including phenoxy) is 3. The zero-order chi connectivity index (χ0) is 23.4. The van der Waals surface area contributed by atoms with Crippen LogP contribution in [0.4, 0.5) is 0 Å². The van der Waals surface area contributed by atoms with Gasteiger partial charge in [0.15, 0.2) is 0 Å². The molecule has 170 valence electrons. The summed E-state index contributed by atoms with van der Waals surface area (Å²) in [5, 5.41) is 2.38. The van der Waals surface area contributed by atoms with Crippen LogP contribution in [0.2, 0.25) is 0 Å². The van der Waals surface area contributed by atoms with Gasteiger partial charge in [-0.05, 0) is 98.5 Å². The van der Waals surface area contributed by atoms with Crippen molar-refractivity contribution in [1.29, 1.82) is 0 Å². The van der Waals surface area contributed by atoms with Crippen LogP contribution in [0.3, 0.4) is 0 Å². The first-order chi connectivity index (χ1) is 15.8. The number of hydrogen-bond donors (Lipinski definition) is 0. The van der Waals surface area contributed by atoms with Crippen LogP contribution in [0.25, 0.3) is 10.8 Å². The lowest BCUT2D eigenvalue weighted by molar-refractivity contribution is 0.130. The van der Waals surface area contributed by atoms with Gasteiger partial charge in [0.05, 0.1) is 0 Å². The van der Waals surface area contributed by atoms with Crippen LogP contribution in [-0.4, -0.2) is 5.60 Å². The molecule has 1 unspecified atom stereocenters. The predicted octanol–water partition coefficient (Wildman–Crippen LogP) is 8.51. The average molecular weight is 441 g/mol. The Morgan fingerprint density at radius 2 is 1.48 bits per heavy atom. The minimum atomic E-state index is -0.233. The van der Waals surface area contributed by atoms with Gasteiger partial charge in [-0.2, -0.15) is 0 Å². The van der Waals surface area contributed by atoms with E-state index < -0.39 is 0 Å². The summed E-state index contributed by atoms with van der Waals surface area (Å²) in [4.78, 5) is 0. The smallest absolute Gasteiger partial charge is 0.130 e. The van der Waals surface area contributed by atoms with E-state index >= 15 is 0 Å². The molecule has 0 fully saturated rings. The molecule has 0 radical (unpaired) electrons. The lowest BCUT2D eigenvalue weighted by Crippen LogP contribution is -2.22. The van der Waals surface area contributed by atoms with Crippen molar-refractivity contribution in [3.8, 4) is 23.0 Å². The molecule has 0 aliphatic rings. The normalized spacial score (nSPS) is 12.4. The molecule has 0 heterocycles. The summed E-state index contributed by atoms with van der Waals surface area (Å²) in [6.07, 6.45) is 0.751. The monoisotopic (exact) mass is 440 g/mol. The highest BCUT2D eigenvalue weighted by Gasteiger charge is 2.14. The van der Waals surface area contributed by atoms with Gasteiger partial charge in [-0.1, -0.05) is 49.4 Å². The highest BCUT2D eigenvalue weighted by molar-refractivity contribution is 5.83. The van der Waals surface area contributed by atoms with Crippen LogP contribution < -0.4 is 14.2 Å². The summed E-state index contributed by atoms with van der Waals surface area (Å²) < 4.78 is 18.5. The van der Waals surface area contributed by atoms with Crippen molar-refractivity contribution in [2.45, 2.75) is 52.7 Å². The molecule has 3 heteroatoms. The number of hydrogen-bond acceptors (Lipinski definition) is 3. The third-order valence-electron chi connectivity index (χ3n) is 5.43. The fraction of sp³-hybridized carbons (Fsp3) is 0.267. The molecule has 0 N–H and O–H groups in total. The summed E-state index contributed by atoms with van der Waals surface area (Å²) in [6, 6.07) is 28.6. The fourth-order valence-electron chi connectivity index (χ4n) is 3.82. The Hall–Kier alpha value is -3.46. The molecule has 3 nitrogen and oxygen atoms in total. The fourth-order valence-corrected chi connectivity index (χ4v) is 3.82. The Bertz CT molecular complexity index is 1240. The molecule has 0 bridgehead atoms. The van der Waals surface area contributed by atoms with Crippen molar-refractivity contribution in [1.82, 2.24) is 0 Å². The molecular weight excluding hydrogens is 408 g/mol. The molecule has 4 rings (SSSR count). The van der Waals surface area contributed by atoms with Crippen LogP contribution in [0, 0.1) is 0 Å². The Kier molecular flexibility index (Phi) is 6.60. The number of benzene rings is 4. The standard InChI is InChI=1S/C30H32O3/c1-6-22-18-28(33-30(3,4)5)16-17-29(22)32-26-13-9-12-24(19-26)21(2)31-27-15-14-23-10-7-8-11-25(23)20-27/h7-21H,6H2,1-5H3. The summed E-state index contributed by atoms with van der Waals surface area (Å²) in [6.45, 7) is 10.3. The lowest BCUT2D eigenvalue weighted by atomic mass is 10.1. The molecule has 4 aromatic rings. The van der Waals surface area contributed by atoms with Crippen molar-refractivity contribution >= 4 is 10.8 Å². The topological polar surface area (TPSA) is 27.7 Å². The van der Waals surface area contributed by atoms with Gasteiger partial charge in [0.25, 0.3) is 0 Å². The van der Waals surface area contributed by atoms with E-state index in [1.807, 2.05) is 48.5 Å². The first-order valence-corrected chi connectivity index (χ1v) is 11.6. The summed E-state index contributed by atoms with van der Waals surface area (Å²) in [5.41, 5.74) is 1.94. The first-order valence-electron chi connectivity index (χ1n) is 11.6. The second-order valence-corrected chi connectivity index (χ2v) is 9.28. The van der Waals surface area contributed by atoms with Gasteiger partial charge in [0.1, 0.15) is 34.7 Å². The molecule has 0 saturated carbocycles. The van der Waals surface area contributed by atoms with E-state index in [1.54, 1.807) is 0 Å². The van der Waals surface area contributed by atoms with E-state index in [9.17, 15) is 0 Å². The Labute approximate surface area is 196 Å². The van der Waals surface area contributed by atoms with E-state index in [0.29, 0.717) is 0 Å². The van der Waals surface area contributed by atoms with Crippen molar-refractivity contribution in [3.63, 3.8) is 0 Å². The lowest BCUT2D eigenvalue weighted by Gasteiger charge is -2.22. The minimum Gasteiger partial charge on any atom is -0.488 e. The predicted molar refractivity (Wildman–Crippen MR) is 136 cm³/mol. The first kappa shape index (κ1) is 22.7. The zero-order valence-electron chi connectivity index (χ0n) is 20.1. The summed E-state index contributed by atoms with van der Waals surface area (Å²) in [7, 11) is 0. The van der Waals surface area contributed by atoms with Gasteiger partial charge < -0.3 is 14.2 Å². The van der Waals surface area contributed by atoms with Crippen LogP contribution >= 0.6 is 0 Å². The molecule has 1 atom stereocenters. The zero-order valence-corrected chi connectivity index (χ0v) is 20.1. The summed E-state index contributed by atoms with van der Waals surface area (Å²) >= 11 is 0. The summed E-state index contributed by atoms with van der Waals surface area (Å²) in [5.74, 6) is 3.35. The van der Waals surface area contributed by atoms with Crippen molar-refractivity contribution < 1.29 is 14.2 Å². The maximum atomic E-state index is 6.27. The van der Waals surface area contributed by atoms with Crippen molar-refractivity contribution in [3.05, 3.63) is 96.1 Å². The van der Waals surface area contributed by atoms with E-state index in [4.69, 9.17) is 14.2 Å². The minimum absolute atomic E-state index is 0.108. The Morgan fingerprint density at radius 1 is 0.727 bits per heavy atom. The van der Waals surface area contributed by atoms with Crippen LogP contribution in [0.5, 0.6) is 23.0 Å². The molecule has 0 amide bonds. The number of aryl methyl sites for hydroxylation is 1. The Morgan fingerprint density at radius 3 is 2.24 bits per heavy atom. The van der Waals surface area contributed by atoms with Gasteiger partial charge in [-0.3, -0.25) is 0 Å². The molecule has 0 aromatic heterocycles. The van der Waals surface area contributed by atoms with E-state index in [0.717, 1.165) is 40.5 Å². The van der Waals surface area contributed by atoms with E-state index in [1.165, 1.54) is 10.8 Å². The molecule has 0 saturated heterocycles. The van der Waals surface area contributed by atoms with Crippen molar-refractivity contribution in [2.75, 3.05) is 0 Å². The highest BCUT2D eigenvalue weighted by atomic mass is 16.5. The van der Waals surface area contributed by atoms with Crippen LogP contribution in [-0.2, 0) is 6.42 Å². The quantitative estimate of drug-likeness (QED) is 0.288. The largest absolute Gasteiger partial charge is 0.488 e. The third-order valence-corrected chi connectivity index (χ3v) is 5.43.